The van der Waals surface area contributed by atoms with Crippen molar-refractivity contribution < 1.29 is 14.8 Å². The molecule has 1 heterocycles. The van der Waals surface area contributed by atoms with Gasteiger partial charge in [0.15, 0.2) is 0 Å². The summed E-state index contributed by atoms with van der Waals surface area (Å²) in [6.07, 6.45) is 0.296. The van der Waals surface area contributed by atoms with Gasteiger partial charge in [-0.3, -0.25) is 14.8 Å². The minimum absolute atomic E-state index is 0. The molecule has 0 unspecified atom stereocenters. The molecular weight excluding hydrogens is 149 g/mol. The molecule has 1 saturated heterocycles. The van der Waals surface area contributed by atoms with E-state index in [1.165, 1.54) is 0 Å². The van der Waals surface area contributed by atoms with Crippen LogP contribution in [-0.4, -0.2) is 73.5 Å². The third-order valence-electron chi connectivity index (χ3n) is 1.03. The maximum atomic E-state index is 10.2. The summed E-state index contributed by atoms with van der Waals surface area (Å²) in [5.74, 6) is -1.01. The number of carbonyl (C=O) groups is 2. The van der Waals surface area contributed by atoms with E-state index in [4.69, 9.17) is 5.21 Å². The van der Waals surface area contributed by atoms with Gasteiger partial charge in [-0.05, 0) is 0 Å². The van der Waals surface area contributed by atoms with Crippen LogP contribution in [0.4, 0.5) is 0 Å². The molecule has 45 valence electrons. The van der Waals surface area contributed by atoms with Crippen LogP contribution in [0.3, 0.4) is 0 Å². The minimum Gasteiger partial charge on any atom is -0.279 e. The van der Waals surface area contributed by atoms with Crippen LogP contribution in [0.2, 0.25) is 0 Å². The van der Waals surface area contributed by atoms with Crippen molar-refractivity contribution in [3.63, 3.8) is 0 Å². The SMILES string of the molecule is O=C1CCC(=O)N1O.[K]. The van der Waals surface area contributed by atoms with Crippen LogP contribution in [0.25, 0.3) is 0 Å². The van der Waals surface area contributed by atoms with Crippen LogP contribution < -0.4 is 0 Å². The first kappa shape index (κ1) is 9.74. The predicted molar refractivity (Wildman–Crippen MR) is 28.6 cm³/mol. The number of hydrogen-bond acceptors (Lipinski definition) is 3. The first-order valence-corrected chi connectivity index (χ1v) is 2.26. The van der Waals surface area contributed by atoms with Crippen molar-refractivity contribution in [2.75, 3.05) is 0 Å². The Morgan fingerprint density at radius 3 is 1.67 bits per heavy atom. The molecule has 1 rings (SSSR count). The largest absolute Gasteiger partial charge is 0.279 e. The summed E-state index contributed by atoms with van der Waals surface area (Å²) in [5.41, 5.74) is 0. The van der Waals surface area contributed by atoms with E-state index in [1.807, 2.05) is 0 Å². The van der Waals surface area contributed by atoms with Gasteiger partial charge in [-0.1, -0.05) is 0 Å². The molecule has 1 N–H and O–H groups in total. The van der Waals surface area contributed by atoms with E-state index in [2.05, 4.69) is 0 Å². The molecule has 1 aliphatic rings. The molecule has 5 heteroatoms. The molecule has 2 amide bonds. The van der Waals surface area contributed by atoms with Crippen LogP contribution >= 0.6 is 0 Å². The number of rotatable bonds is 0. The van der Waals surface area contributed by atoms with Gasteiger partial charge in [-0.25, -0.2) is 0 Å². The van der Waals surface area contributed by atoms with Crippen LogP contribution in [0.1, 0.15) is 12.8 Å². The first-order chi connectivity index (χ1) is 3.72. The summed E-state index contributed by atoms with van der Waals surface area (Å²) in [5, 5.41) is 8.57. The van der Waals surface area contributed by atoms with Gasteiger partial charge < -0.3 is 0 Å². The molecule has 1 fully saturated rings. The summed E-state index contributed by atoms with van der Waals surface area (Å²) < 4.78 is 0. The zero-order valence-corrected chi connectivity index (χ0v) is 8.25. The molecule has 0 aromatic heterocycles. The second-order valence-corrected chi connectivity index (χ2v) is 1.60. The van der Waals surface area contributed by atoms with Gasteiger partial charge >= 0.3 is 0 Å². The Hall–Kier alpha value is 0.736. The summed E-state index contributed by atoms with van der Waals surface area (Å²) in [6, 6.07) is 0. The number of hydrogen-bond donors (Lipinski definition) is 1. The Bertz CT molecular complexity index is 131. The Morgan fingerprint density at radius 2 is 1.56 bits per heavy atom. The topological polar surface area (TPSA) is 57.6 Å². The molecule has 0 aliphatic carbocycles. The van der Waals surface area contributed by atoms with Crippen molar-refractivity contribution in [2.24, 2.45) is 0 Å². The smallest absolute Gasteiger partial charge is 0.253 e. The number of hydroxylamine groups is 2. The van der Waals surface area contributed by atoms with E-state index in [1.54, 1.807) is 0 Å². The fourth-order valence-electron chi connectivity index (χ4n) is 0.565. The van der Waals surface area contributed by atoms with Gasteiger partial charge in [0, 0.05) is 64.2 Å². The van der Waals surface area contributed by atoms with E-state index in [-0.39, 0.29) is 69.3 Å². The Labute approximate surface area is 94.6 Å². The Balaban J connectivity index is 0.000000640. The van der Waals surface area contributed by atoms with E-state index in [0.29, 0.717) is 0 Å². The predicted octanol–water partition coefficient (Wildman–Crippen LogP) is -0.856. The molecule has 1 aliphatic heterocycles. The third-order valence-corrected chi connectivity index (χ3v) is 1.03. The number of amides is 2. The zero-order valence-electron chi connectivity index (χ0n) is 5.13. The van der Waals surface area contributed by atoms with E-state index < -0.39 is 11.8 Å². The van der Waals surface area contributed by atoms with Crippen LogP contribution in [-0.2, 0) is 9.59 Å². The second kappa shape index (κ2) is 3.80. The molecule has 0 bridgehead atoms. The van der Waals surface area contributed by atoms with Crippen LogP contribution in [0.5, 0.6) is 0 Å². The molecule has 1 radical (unpaired) electrons. The van der Waals surface area contributed by atoms with Crippen molar-refractivity contribution >= 4 is 63.2 Å². The molecular formula is C4H5KNO3. The Morgan fingerprint density at radius 1 is 1.22 bits per heavy atom. The van der Waals surface area contributed by atoms with Gasteiger partial charge in [-0.2, -0.15) is 5.06 Å². The molecule has 0 aromatic rings. The molecule has 0 saturated carbocycles. The summed E-state index contributed by atoms with van der Waals surface area (Å²) in [7, 11) is 0. The van der Waals surface area contributed by atoms with Crippen molar-refractivity contribution in [1.82, 2.24) is 5.06 Å². The molecule has 0 atom stereocenters. The quantitative estimate of drug-likeness (QED) is 0.281. The van der Waals surface area contributed by atoms with E-state index >= 15 is 0 Å². The first-order valence-electron chi connectivity index (χ1n) is 2.26. The van der Waals surface area contributed by atoms with Gasteiger partial charge in [0.25, 0.3) is 11.8 Å². The summed E-state index contributed by atoms with van der Waals surface area (Å²) >= 11 is 0. The summed E-state index contributed by atoms with van der Waals surface area (Å²) in [4.78, 5) is 20.5. The maximum absolute atomic E-state index is 10.2. The fraction of sp³-hybridized carbons (Fsp3) is 0.500. The van der Waals surface area contributed by atoms with E-state index in [0.717, 1.165) is 0 Å². The second-order valence-electron chi connectivity index (χ2n) is 1.60. The average Bonchev–Trinajstić information content (AvgIpc) is 1.98. The van der Waals surface area contributed by atoms with E-state index in [9.17, 15) is 9.59 Å². The van der Waals surface area contributed by atoms with Gasteiger partial charge in [0.2, 0.25) is 0 Å². The zero-order chi connectivity index (χ0) is 6.15. The number of imide groups is 1. The normalized spacial score (nSPS) is 18.1. The summed E-state index contributed by atoms with van der Waals surface area (Å²) in [6.45, 7) is 0. The maximum Gasteiger partial charge on any atom is 0.253 e. The number of carbonyl (C=O) groups excluding carboxylic acids is 2. The van der Waals surface area contributed by atoms with Crippen molar-refractivity contribution in [1.29, 1.82) is 0 Å². The van der Waals surface area contributed by atoms with Crippen molar-refractivity contribution in [3.05, 3.63) is 0 Å². The molecule has 9 heavy (non-hydrogen) atoms. The third kappa shape index (κ3) is 2.10. The molecule has 4 nitrogen and oxygen atoms in total. The van der Waals surface area contributed by atoms with Crippen LogP contribution in [0, 0.1) is 0 Å². The van der Waals surface area contributed by atoms with Gasteiger partial charge in [0.05, 0.1) is 0 Å². The van der Waals surface area contributed by atoms with Gasteiger partial charge in [-0.15, -0.1) is 0 Å². The number of nitrogens with zero attached hydrogens (tertiary/aromatic N) is 1. The monoisotopic (exact) mass is 154 g/mol. The van der Waals surface area contributed by atoms with Gasteiger partial charge in [0.1, 0.15) is 0 Å². The van der Waals surface area contributed by atoms with Crippen LogP contribution in [0.15, 0.2) is 0 Å². The fourth-order valence-corrected chi connectivity index (χ4v) is 0.565. The van der Waals surface area contributed by atoms with Crippen molar-refractivity contribution in [2.45, 2.75) is 12.8 Å². The standard InChI is InChI=1S/C4H5NO3.K/c6-3-1-2-4(7)5(3)8;/h8H,1-2H2;. The molecule has 0 spiro atoms. The minimum atomic E-state index is -0.505. The van der Waals surface area contributed by atoms with Crippen molar-refractivity contribution in [3.8, 4) is 0 Å². The average molecular weight is 154 g/mol. The molecule has 0 aromatic carbocycles. The Kier molecular flexibility index (Phi) is 4.11.